The number of nitrogens with one attached hydrogen (secondary N) is 1. The van der Waals surface area contributed by atoms with E-state index in [1.807, 2.05) is 11.8 Å². The highest BCUT2D eigenvalue weighted by atomic mass is 32.2. The average molecular weight is 220 g/mol. The van der Waals surface area contributed by atoms with Crippen LogP contribution in [0.4, 0.5) is 0 Å². The van der Waals surface area contributed by atoms with E-state index in [0.717, 1.165) is 17.9 Å². The largest absolute Gasteiger partial charge is 0.225 e. The van der Waals surface area contributed by atoms with Gasteiger partial charge in [-0.05, 0) is 23.8 Å². The van der Waals surface area contributed by atoms with E-state index < -0.39 is 15.8 Å². The van der Waals surface area contributed by atoms with Crippen molar-refractivity contribution in [3.8, 4) is 6.07 Å². The molecule has 0 radical (unpaired) electrons. The molecule has 1 N–H and O–H groups in total. The Hall–Kier alpha value is -0.250. The Kier molecular flexibility index (Phi) is 4.03. The molecule has 74 valence electrons. The first-order valence-corrected chi connectivity index (χ1v) is 6.87. The van der Waals surface area contributed by atoms with E-state index in [0.29, 0.717) is 12.5 Å². The highest BCUT2D eigenvalue weighted by Gasteiger charge is 2.18. The summed E-state index contributed by atoms with van der Waals surface area (Å²) in [5.41, 5.74) is 0. The predicted molar refractivity (Wildman–Crippen MR) is 52.8 cm³/mol. The molecule has 1 rings (SSSR count). The summed E-state index contributed by atoms with van der Waals surface area (Å²) in [6.45, 7) is 0.483. The van der Waals surface area contributed by atoms with Crippen LogP contribution in [0, 0.1) is 17.2 Å². The Bertz CT molecular complexity index is 288. The van der Waals surface area contributed by atoms with Gasteiger partial charge in [0.25, 0.3) is 0 Å². The third kappa shape index (κ3) is 3.98. The first kappa shape index (κ1) is 10.8. The quantitative estimate of drug-likeness (QED) is 0.734. The molecule has 6 heteroatoms. The zero-order valence-electron chi connectivity index (χ0n) is 7.19. The van der Waals surface area contributed by atoms with E-state index >= 15 is 0 Å². The summed E-state index contributed by atoms with van der Waals surface area (Å²) in [5, 5.41) is 8.22. The molecule has 0 saturated carbocycles. The first-order chi connectivity index (χ1) is 6.14. The summed E-state index contributed by atoms with van der Waals surface area (Å²) in [6, 6.07) is 1.63. The fourth-order valence-electron chi connectivity index (χ4n) is 1.13. The number of nitrogens with zero attached hydrogens (tertiary/aromatic N) is 1. The van der Waals surface area contributed by atoms with E-state index in [1.54, 1.807) is 6.07 Å². The molecule has 1 unspecified atom stereocenters. The molecule has 1 heterocycles. The van der Waals surface area contributed by atoms with Crippen LogP contribution in [0.5, 0.6) is 0 Å². The van der Waals surface area contributed by atoms with Crippen molar-refractivity contribution in [2.75, 3.05) is 23.8 Å². The number of hydrogen-bond donors (Lipinski definition) is 1. The van der Waals surface area contributed by atoms with Crippen molar-refractivity contribution in [2.24, 2.45) is 5.92 Å². The summed E-state index contributed by atoms with van der Waals surface area (Å²) >= 11 is 1.85. The summed E-state index contributed by atoms with van der Waals surface area (Å²) in [4.78, 5) is 0. The number of nitriles is 1. The SMILES string of the molecule is N#CCS(=O)(=O)NCC1CCSC1. The van der Waals surface area contributed by atoms with Crippen molar-refractivity contribution in [1.29, 1.82) is 5.26 Å². The minimum atomic E-state index is -3.34. The zero-order chi connectivity index (χ0) is 9.73. The standard InChI is InChI=1S/C7H12N2O2S2/c8-2-4-13(10,11)9-5-7-1-3-12-6-7/h7,9H,1,3-6H2. The molecule has 0 spiro atoms. The predicted octanol–water partition coefficient (Wildman–Crippen LogP) is 0.182. The fraction of sp³-hybridized carbons (Fsp3) is 0.857. The smallest absolute Gasteiger partial charge is 0.214 e. The molecule has 1 saturated heterocycles. The van der Waals surface area contributed by atoms with Crippen LogP contribution in [0.25, 0.3) is 0 Å². The van der Waals surface area contributed by atoms with Gasteiger partial charge in [-0.2, -0.15) is 17.0 Å². The number of rotatable bonds is 4. The van der Waals surface area contributed by atoms with Gasteiger partial charge in [-0.3, -0.25) is 0 Å². The van der Waals surface area contributed by atoms with Gasteiger partial charge in [-0.1, -0.05) is 0 Å². The molecule has 0 aromatic heterocycles. The third-order valence-corrected chi connectivity index (χ3v) is 4.22. The van der Waals surface area contributed by atoms with Crippen molar-refractivity contribution < 1.29 is 8.42 Å². The molecule has 0 bridgehead atoms. The molecule has 0 aliphatic carbocycles. The van der Waals surface area contributed by atoms with E-state index in [4.69, 9.17) is 5.26 Å². The lowest BCUT2D eigenvalue weighted by atomic mass is 10.1. The second kappa shape index (κ2) is 4.84. The van der Waals surface area contributed by atoms with Gasteiger partial charge in [0.15, 0.2) is 5.75 Å². The molecule has 13 heavy (non-hydrogen) atoms. The van der Waals surface area contributed by atoms with Gasteiger partial charge in [-0.25, -0.2) is 13.1 Å². The number of sulfonamides is 1. The van der Waals surface area contributed by atoms with Crippen molar-refractivity contribution in [3.63, 3.8) is 0 Å². The van der Waals surface area contributed by atoms with Gasteiger partial charge in [0.05, 0.1) is 6.07 Å². The van der Waals surface area contributed by atoms with Gasteiger partial charge in [0.1, 0.15) is 0 Å². The maximum Gasteiger partial charge on any atom is 0.225 e. The molecule has 1 atom stereocenters. The van der Waals surface area contributed by atoms with Crippen LogP contribution in [-0.4, -0.2) is 32.2 Å². The van der Waals surface area contributed by atoms with E-state index in [-0.39, 0.29) is 0 Å². The first-order valence-electron chi connectivity index (χ1n) is 4.06. The maximum absolute atomic E-state index is 11.0. The summed E-state index contributed by atoms with van der Waals surface area (Å²) < 4.78 is 24.5. The monoisotopic (exact) mass is 220 g/mol. The van der Waals surface area contributed by atoms with Crippen molar-refractivity contribution in [3.05, 3.63) is 0 Å². The third-order valence-electron chi connectivity index (χ3n) is 1.87. The average Bonchev–Trinajstić information content (AvgIpc) is 2.52. The molecular formula is C7H12N2O2S2. The van der Waals surface area contributed by atoms with Crippen LogP contribution in [0.1, 0.15) is 6.42 Å². The van der Waals surface area contributed by atoms with E-state index in [2.05, 4.69) is 4.72 Å². The Morgan fingerprint density at radius 3 is 2.92 bits per heavy atom. The molecule has 1 fully saturated rings. The van der Waals surface area contributed by atoms with Crippen LogP contribution < -0.4 is 4.72 Å². The van der Waals surface area contributed by atoms with Gasteiger partial charge < -0.3 is 0 Å². The second-order valence-corrected chi connectivity index (χ2v) is 5.95. The van der Waals surface area contributed by atoms with Gasteiger partial charge in [-0.15, -0.1) is 0 Å². The summed E-state index contributed by atoms with van der Waals surface area (Å²) in [5.74, 6) is 2.14. The van der Waals surface area contributed by atoms with Crippen molar-refractivity contribution in [1.82, 2.24) is 4.72 Å². The topological polar surface area (TPSA) is 70.0 Å². The molecule has 1 aliphatic rings. The van der Waals surface area contributed by atoms with Gasteiger partial charge in [0, 0.05) is 6.54 Å². The normalized spacial score (nSPS) is 22.8. The van der Waals surface area contributed by atoms with Gasteiger partial charge in [0.2, 0.25) is 10.0 Å². The minimum Gasteiger partial charge on any atom is -0.214 e. The van der Waals surface area contributed by atoms with Crippen LogP contribution in [0.2, 0.25) is 0 Å². The van der Waals surface area contributed by atoms with Crippen LogP contribution in [0.15, 0.2) is 0 Å². The molecular weight excluding hydrogens is 208 g/mol. The maximum atomic E-state index is 11.0. The summed E-state index contributed by atoms with van der Waals surface area (Å²) in [7, 11) is -3.34. The highest BCUT2D eigenvalue weighted by molar-refractivity contribution is 7.99. The molecule has 0 aromatic carbocycles. The lowest BCUT2D eigenvalue weighted by Gasteiger charge is -2.08. The van der Waals surface area contributed by atoms with E-state index in [9.17, 15) is 8.42 Å². The van der Waals surface area contributed by atoms with Crippen LogP contribution >= 0.6 is 11.8 Å². The van der Waals surface area contributed by atoms with Crippen molar-refractivity contribution >= 4 is 21.8 Å². The molecule has 0 aromatic rings. The lowest BCUT2D eigenvalue weighted by molar-refractivity contribution is 0.548. The minimum absolute atomic E-state index is 0.438. The number of hydrogen-bond acceptors (Lipinski definition) is 4. The Balaban J connectivity index is 2.29. The van der Waals surface area contributed by atoms with Crippen molar-refractivity contribution in [2.45, 2.75) is 6.42 Å². The Labute approximate surface area is 82.7 Å². The second-order valence-electron chi connectivity index (χ2n) is 3.00. The molecule has 1 aliphatic heterocycles. The van der Waals surface area contributed by atoms with Gasteiger partial charge >= 0.3 is 0 Å². The van der Waals surface area contributed by atoms with E-state index in [1.165, 1.54) is 0 Å². The molecule has 0 amide bonds. The summed E-state index contributed by atoms with van der Waals surface area (Å²) in [6.07, 6.45) is 1.07. The fourth-order valence-corrected chi connectivity index (χ4v) is 3.17. The zero-order valence-corrected chi connectivity index (χ0v) is 8.83. The Morgan fingerprint density at radius 1 is 1.62 bits per heavy atom. The highest BCUT2D eigenvalue weighted by Crippen LogP contribution is 2.22. The lowest BCUT2D eigenvalue weighted by Crippen LogP contribution is -2.30. The Morgan fingerprint density at radius 2 is 2.38 bits per heavy atom. The number of thioether (sulfide) groups is 1. The van der Waals surface area contributed by atoms with Crippen LogP contribution in [0.3, 0.4) is 0 Å². The molecule has 4 nitrogen and oxygen atoms in total. The van der Waals surface area contributed by atoms with Crippen LogP contribution in [-0.2, 0) is 10.0 Å².